The van der Waals surface area contributed by atoms with E-state index >= 15 is 0 Å². The van der Waals surface area contributed by atoms with Crippen LogP contribution >= 0.6 is 11.6 Å². The molecule has 3 aromatic rings. The number of sulfonamides is 1. The van der Waals surface area contributed by atoms with E-state index in [-0.39, 0.29) is 33.1 Å². The Bertz CT molecular complexity index is 1200. The lowest BCUT2D eigenvalue weighted by atomic mass is 9.96. The van der Waals surface area contributed by atoms with Crippen molar-refractivity contribution in [2.24, 2.45) is 5.92 Å². The molecule has 3 aromatic carbocycles. The number of halogens is 1. The molecule has 0 saturated carbocycles. The van der Waals surface area contributed by atoms with Gasteiger partial charge in [-0.25, -0.2) is 8.42 Å². The molecular weight excluding hydrogens is 460 g/mol. The van der Waals surface area contributed by atoms with Crippen LogP contribution in [0, 0.1) is 5.92 Å². The molecule has 0 aliphatic heterocycles. The summed E-state index contributed by atoms with van der Waals surface area (Å²) in [7, 11) is -2.19. The number of carbonyl (C=O) groups excluding carboxylic acids is 1. The van der Waals surface area contributed by atoms with Crippen molar-refractivity contribution in [2.45, 2.75) is 31.2 Å². The van der Waals surface area contributed by atoms with Crippen LogP contribution in [0.5, 0.6) is 5.75 Å². The third-order valence-corrected chi connectivity index (χ3v) is 6.77. The fraction of sp³-hybridized carbons (Fsp3) is 0.240. The number of carbonyl (C=O) groups is 1. The number of methoxy groups -OCH3 is 1. The predicted octanol–water partition coefficient (Wildman–Crippen LogP) is 5.67. The molecule has 8 heteroatoms. The predicted molar refractivity (Wildman–Crippen MR) is 131 cm³/mol. The van der Waals surface area contributed by atoms with Gasteiger partial charge in [-0.2, -0.15) is 0 Å². The van der Waals surface area contributed by atoms with Crippen LogP contribution in [-0.4, -0.2) is 21.4 Å². The normalized spacial score (nSPS) is 12.3. The van der Waals surface area contributed by atoms with Crippen LogP contribution in [-0.2, 0) is 10.0 Å². The maximum Gasteiger partial charge on any atom is 0.261 e. The van der Waals surface area contributed by atoms with Crippen LogP contribution in [0.3, 0.4) is 0 Å². The number of ether oxygens (including phenoxy) is 1. The van der Waals surface area contributed by atoms with Crippen molar-refractivity contribution in [1.82, 2.24) is 5.32 Å². The van der Waals surface area contributed by atoms with E-state index in [4.69, 9.17) is 16.3 Å². The van der Waals surface area contributed by atoms with Gasteiger partial charge < -0.3 is 10.1 Å². The van der Waals surface area contributed by atoms with Crippen molar-refractivity contribution in [2.75, 3.05) is 11.8 Å². The summed E-state index contributed by atoms with van der Waals surface area (Å²) in [6, 6.07) is 19.8. The van der Waals surface area contributed by atoms with Crippen LogP contribution < -0.4 is 14.8 Å². The van der Waals surface area contributed by atoms with Gasteiger partial charge in [0.2, 0.25) is 0 Å². The zero-order valence-electron chi connectivity index (χ0n) is 18.7. The zero-order chi connectivity index (χ0) is 24.0. The van der Waals surface area contributed by atoms with Crippen molar-refractivity contribution in [3.8, 4) is 5.75 Å². The number of benzene rings is 3. The van der Waals surface area contributed by atoms with Gasteiger partial charge in [-0.3, -0.25) is 9.52 Å². The van der Waals surface area contributed by atoms with E-state index in [1.54, 1.807) is 25.3 Å². The molecular formula is C25H27ClN2O4S. The fourth-order valence-electron chi connectivity index (χ4n) is 3.40. The van der Waals surface area contributed by atoms with Gasteiger partial charge in [0, 0.05) is 5.69 Å². The van der Waals surface area contributed by atoms with Crippen molar-refractivity contribution in [1.29, 1.82) is 0 Å². The Balaban J connectivity index is 1.84. The number of rotatable bonds is 9. The van der Waals surface area contributed by atoms with E-state index in [0.717, 1.165) is 17.7 Å². The molecule has 0 radical (unpaired) electrons. The van der Waals surface area contributed by atoms with Crippen molar-refractivity contribution in [3.63, 3.8) is 0 Å². The summed E-state index contributed by atoms with van der Waals surface area (Å²) in [5.74, 6) is 0.675. The molecule has 1 atom stereocenters. The Morgan fingerprint density at radius 3 is 2.27 bits per heavy atom. The van der Waals surface area contributed by atoms with Crippen LogP contribution in [0.15, 0.2) is 77.7 Å². The van der Waals surface area contributed by atoms with Gasteiger partial charge in [-0.15, -0.1) is 0 Å². The van der Waals surface area contributed by atoms with Gasteiger partial charge in [0.05, 0.1) is 28.6 Å². The highest BCUT2D eigenvalue weighted by Gasteiger charge is 2.21. The second-order valence-electron chi connectivity index (χ2n) is 8.04. The van der Waals surface area contributed by atoms with Gasteiger partial charge in [0.1, 0.15) is 5.75 Å². The average molecular weight is 487 g/mol. The first-order valence-corrected chi connectivity index (χ1v) is 12.4. The van der Waals surface area contributed by atoms with Gasteiger partial charge in [-0.1, -0.05) is 55.8 Å². The van der Waals surface area contributed by atoms with Crippen molar-refractivity contribution < 1.29 is 17.9 Å². The minimum absolute atomic E-state index is 0.127. The first kappa shape index (κ1) is 24.6. The summed E-state index contributed by atoms with van der Waals surface area (Å²) in [5.41, 5.74) is 1.38. The van der Waals surface area contributed by atoms with E-state index in [1.165, 1.54) is 30.3 Å². The molecule has 2 N–H and O–H groups in total. The molecule has 0 heterocycles. The quantitative estimate of drug-likeness (QED) is 0.408. The number of hydrogen-bond donors (Lipinski definition) is 2. The summed E-state index contributed by atoms with van der Waals surface area (Å²) in [6.07, 6.45) is 0.718. The summed E-state index contributed by atoms with van der Waals surface area (Å²) in [4.78, 5) is 13.3. The van der Waals surface area contributed by atoms with Crippen LogP contribution in [0.2, 0.25) is 5.02 Å². The van der Waals surface area contributed by atoms with Gasteiger partial charge in [-0.05, 0) is 60.4 Å². The molecule has 6 nitrogen and oxygen atoms in total. The van der Waals surface area contributed by atoms with Crippen molar-refractivity contribution in [3.05, 3.63) is 88.9 Å². The first-order chi connectivity index (χ1) is 15.7. The van der Waals surface area contributed by atoms with Crippen LogP contribution in [0.25, 0.3) is 0 Å². The monoisotopic (exact) mass is 486 g/mol. The smallest absolute Gasteiger partial charge is 0.261 e. The SMILES string of the molecule is COc1ccc([C@H](CC(C)C)NC(=O)c2cc(NS(=O)(=O)c3ccccc3)ccc2Cl)cc1. The largest absolute Gasteiger partial charge is 0.497 e. The molecule has 0 unspecified atom stereocenters. The molecule has 0 bridgehead atoms. The maximum atomic E-state index is 13.1. The highest BCUT2D eigenvalue weighted by atomic mass is 35.5. The lowest BCUT2D eigenvalue weighted by molar-refractivity contribution is 0.0932. The number of hydrogen-bond acceptors (Lipinski definition) is 4. The van der Waals surface area contributed by atoms with Crippen LogP contribution in [0.1, 0.15) is 42.2 Å². The Kier molecular flexibility index (Phi) is 8.00. The summed E-state index contributed by atoms with van der Waals surface area (Å²) < 4.78 is 33.0. The highest BCUT2D eigenvalue weighted by molar-refractivity contribution is 7.92. The molecule has 0 aromatic heterocycles. The topological polar surface area (TPSA) is 84.5 Å². The van der Waals surface area contributed by atoms with Crippen molar-refractivity contribution >= 4 is 33.2 Å². The van der Waals surface area contributed by atoms with Gasteiger partial charge >= 0.3 is 0 Å². The second-order valence-corrected chi connectivity index (χ2v) is 10.1. The Morgan fingerprint density at radius 1 is 1.00 bits per heavy atom. The summed E-state index contributed by atoms with van der Waals surface area (Å²) in [5, 5.41) is 3.27. The standard InChI is InChI=1S/C25H27ClN2O4S/c1-17(2)15-24(18-9-12-20(32-3)13-10-18)27-25(29)22-16-19(11-14-23(22)26)28-33(30,31)21-7-5-4-6-8-21/h4-14,16-17,24,28H,15H2,1-3H3,(H,27,29)/t24-/m0/s1. The second kappa shape index (κ2) is 10.7. The molecule has 0 aliphatic carbocycles. The Labute approximate surface area is 200 Å². The molecule has 1 amide bonds. The lowest BCUT2D eigenvalue weighted by Gasteiger charge is -2.22. The third-order valence-electron chi connectivity index (χ3n) is 5.05. The minimum atomic E-state index is -3.79. The zero-order valence-corrected chi connectivity index (χ0v) is 20.3. The Morgan fingerprint density at radius 2 is 1.67 bits per heavy atom. The Hall–Kier alpha value is -3.03. The first-order valence-electron chi connectivity index (χ1n) is 10.5. The number of amides is 1. The van der Waals surface area contributed by atoms with E-state index < -0.39 is 10.0 Å². The summed E-state index contributed by atoms with van der Waals surface area (Å²) in [6.45, 7) is 4.16. The molecule has 33 heavy (non-hydrogen) atoms. The highest BCUT2D eigenvalue weighted by Crippen LogP contribution is 2.27. The molecule has 174 valence electrons. The number of anilines is 1. The van der Waals surface area contributed by atoms with E-state index in [9.17, 15) is 13.2 Å². The molecule has 0 aliphatic rings. The molecule has 0 spiro atoms. The number of nitrogens with one attached hydrogen (secondary N) is 2. The van der Waals surface area contributed by atoms with Gasteiger partial charge in [0.25, 0.3) is 15.9 Å². The van der Waals surface area contributed by atoms with E-state index in [0.29, 0.717) is 5.92 Å². The van der Waals surface area contributed by atoms with E-state index in [1.807, 2.05) is 24.3 Å². The van der Waals surface area contributed by atoms with Gasteiger partial charge in [0.15, 0.2) is 0 Å². The third kappa shape index (κ3) is 6.49. The fourth-order valence-corrected chi connectivity index (χ4v) is 4.67. The lowest BCUT2D eigenvalue weighted by Crippen LogP contribution is -2.30. The molecule has 0 saturated heterocycles. The minimum Gasteiger partial charge on any atom is -0.497 e. The van der Waals surface area contributed by atoms with Crippen LogP contribution in [0.4, 0.5) is 5.69 Å². The van der Waals surface area contributed by atoms with E-state index in [2.05, 4.69) is 23.9 Å². The molecule has 3 rings (SSSR count). The molecule has 0 fully saturated rings. The average Bonchev–Trinajstić information content (AvgIpc) is 2.80. The maximum absolute atomic E-state index is 13.1. The summed E-state index contributed by atoms with van der Waals surface area (Å²) >= 11 is 6.30.